The summed E-state index contributed by atoms with van der Waals surface area (Å²) in [7, 11) is 2.18. The molecule has 3 N–H and O–H groups in total. The second-order valence-electron chi connectivity index (χ2n) is 9.69. The van der Waals surface area contributed by atoms with Gasteiger partial charge in [-0.15, -0.1) is 15.3 Å². The third kappa shape index (κ3) is 4.67. The molecule has 9 nitrogen and oxygen atoms in total. The molecule has 0 radical (unpaired) electrons. The number of nitrogens with one attached hydrogen (secondary N) is 1. The minimum absolute atomic E-state index is 0.271. The largest absolute Gasteiger partial charge is 0.368 e. The predicted molar refractivity (Wildman–Crippen MR) is 141 cm³/mol. The molecule has 36 heavy (non-hydrogen) atoms. The van der Waals surface area contributed by atoms with Gasteiger partial charge in [-0.05, 0) is 61.2 Å². The average molecular weight is 482 g/mol. The molecule has 184 valence electrons. The number of rotatable bonds is 5. The highest BCUT2D eigenvalue weighted by molar-refractivity contribution is 5.68. The van der Waals surface area contributed by atoms with Crippen LogP contribution in [0.2, 0.25) is 0 Å². The molecule has 2 aliphatic rings. The van der Waals surface area contributed by atoms with Gasteiger partial charge in [-0.1, -0.05) is 36.4 Å². The minimum atomic E-state index is 0.271. The van der Waals surface area contributed by atoms with Gasteiger partial charge in [0.1, 0.15) is 0 Å². The van der Waals surface area contributed by atoms with Crippen molar-refractivity contribution in [2.75, 3.05) is 44.3 Å². The third-order valence-electron chi connectivity index (χ3n) is 7.09. The van der Waals surface area contributed by atoms with E-state index in [1.165, 1.54) is 11.1 Å². The lowest BCUT2D eigenvalue weighted by atomic mass is 10.0. The lowest BCUT2D eigenvalue weighted by Crippen LogP contribution is -2.43. The summed E-state index contributed by atoms with van der Waals surface area (Å²) in [4.78, 5) is 9.27. The number of nitrogens with zero attached hydrogens (tertiary/aromatic N) is 7. The van der Waals surface area contributed by atoms with E-state index in [-0.39, 0.29) is 5.95 Å². The van der Waals surface area contributed by atoms with Crippen LogP contribution in [-0.4, -0.2) is 68.0 Å². The number of hydrogen-bond acceptors (Lipinski definition) is 8. The van der Waals surface area contributed by atoms with Crippen LogP contribution in [0.5, 0.6) is 0 Å². The Hall–Kier alpha value is -3.82. The SMILES string of the molecule is CN1CCN(Cc2ccc(Nc3nc(N)n(-c4cc5c(nn4)-c4ccccc4CCC5)n3)cc2)CC1. The summed E-state index contributed by atoms with van der Waals surface area (Å²) < 4.78 is 1.55. The highest BCUT2D eigenvalue weighted by atomic mass is 15.4. The van der Waals surface area contributed by atoms with E-state index < -0.39 is 0 Å². The molecule has 3 heterocycles. The van der Waals surface area contributed by atoms with Crippen molar-refractivity contribution in [3.63, 3.8) is 0 Å². The summed E-state index contributed by atoms with van der Waals surface area (Å²) in [6.45, 7) is 5.43. The first-order valence-electron chi connectivity index (χ1n) is 12.6. The molecule has 0 spiro atoms. The standard InChI is InChI=1S/C27H31N9/c1-34-13-15-35(16-14-34)18-19-9-11-22(12-10-19)29-27-30-26(28)36(33-27)24-17-21-7-4-6-20-5-2-3-8-23(20)25(21)32-31-24/h2-3,5,8-12,17H,4,6-7,13-16,18H2,1H3,(H3,28,29,30,33). The van der Waals surface area contributed by atoms with Crippen molar-refractivity contribution in [1.82, 2.24) is 34.8 Å². The molecule has 6 rings (SSSR count). The van der Waals surface area contributed by atoms with Crippen molar-refractivity contribution in [1.29, 1.82) is 0 Å². The van der Waals surface area contributed by atoms with Crippen molar-refractivity contribution >= 4 is 17.6 Å². The van der Waals surface area contributed by atoms with Crippen molar-refractivity contribution in [2.45, 2.75) is 25.8 Å². The average Bonchev–Trinajstić information content (AvgIpc) is 3.15. The molecular weight excluding hydrogens is 450 g/mol. The van der Waals surface area contributed by atoms with Crippen molar-refractivity contribution in [3.8, 4) is 17.1 Å². The molecule has 0 bridgehead atoms. The van der Waals surface area contributed by atoms with Gasteiger partial charge in [0.25, 0.3) is 0 Å². The van der Waals surface area contributed by atoms with E-state index in [2.05, 4.69) is 91.0 Å². The summed E-state index contributed by atoms with van der Waals surface area (Å²) in [5.74, 6) is 1.28. The van der Waals surface area contributed by atoms with Crippen LogP contribution in [0.15, 0.2) is 54.6 Å². The van der Waals surface area contributed by atoms with Crippen LogP contribution in [0.1, 0.15) is 23.1 Å². The van der Waals surface area contributed by atoms with E-state index in [1.807, 2.05) is 6.07 Å². The predicted octanol–water partition coefficient (Wildman–Crippen LogP) is 3.29. The lowest BCUT2D eigenvalue weighted by Gasteiger charge is -2.32. The molecule has 4 aromatic rings. The van der Waals surface area contributed by atoms with Gasteiger partial charge in [0, 0.05) is 44.0 Å². The monoisotopic (exact) mass is 481 g/mol. The Kier molecular flexibility index (Phi) is 6.08. The topological polar surface area (TPSA) is 101 Å². The van der Waals surface area contributed by atoms with Crippen LogP contribution in [0, 0.1) is 0 Å². The minimum Gasteiger partial charge on any atom is -0.368 e. The van der Waals surface area contributed by atoms with Gasteiger partial charge in [-0.3, -0.25) is 4.90 Å². The summed E-state index contributed by atoms with van der Waals surface area (Å²) in [5.41, 5.74) is 13.0. The molecule has 0 saturated carbocycles. The maximum absolute atomic E-state index is 6.22. The molecule has 1 saturated heterocycles. The van der Waals surface area contributed by atoms with Crippen LogP contribution >= 0.6 is 0 Å². The van der Waals surface area contributed by atoms with E-state index in [0.29, 0.717) is 11.8 Å². The highest BCUT2D eigenvalue weighted by Gasteiger charge is 2.19. The van der Waals surface area contributed by atoms with Crippen LogP contribution in [-0.2, 0) is 19.4 Å². The van der Waals surface area contributed by atoms with Crippen LogP contribution in [0.4, 0.5) is 17.6 Å². The van der Waals surface area contributed by atoms with Crippen molar-refractivity contribution in [2.24, 2.45) is 0 Å². The van der Waals surface area contributed by atoms with Gasteiger partial charge in [-0.2, -0.15) is 9.67 Å². The Labute approximate surface area is 211 Å². The molecule has 1 aliphatic heterocycles. The van der Waals surface area contributed by atoms with Gasteiger partial charge >= 0.3 is 0 Å². The summed E-state index contributed by atoms with van der Waals surface area (Å²) >= 11 is 0. The fraction of sp³-hybridized carbons (Fsp3) is 0.333. The van der Waals surface area contributed by atoms with Gasteiger partial charge in [0.2, 0.25) is 11.9 Å². The van der Waals surface area contributed by atoms with Gasteiger partial charge in [-0.25, -0.2) is 0 Å². The zero-order chi connectivity index (χ0) is 24.5. The molecule has 0 atom stereocenters. The Bertz CT molecular complexity index is 1350. The van der Waals surface area contributed by atoms with E-state index in [1.54, 1.807) is 4.68 Å². The molecule has 2 aromatic carbocycles. The number of aromatic nitrogens is 5. The van der Waals surface area contributed by atoms with E-state index in [9.17, 15) is 0 Å². The smallest absolute Gasteiger partial charge is 0.248 e. The first kappa shape index (κ1) is 22.6. The molecular formula is C27H31N9. The van der Waals surface area contributed by atoms with E-state index >= 15 is 0 Å². The van der Waals surface area contributed by atoms with E-state index in [4.69, 9.17) is 5.73 Å². The number of benzene rings is 2. The molecule has 1 fully saturated rings. The maximum Gasteiger partial charge on any atom is 0.248 e. The molecule has 2 aromatic heterocycles. The summed E-state index contributed by atoms with van der Waals surface area (Å²) in [6.07, 6.45) is 3.04. The number of anilines is 3. The second-order valence-corrected chi connectivity index (χ2v) is 9.69. The second kappa shape index (κ2) is 9.67. The Morgan fingerprint density at radius 3 is 2.53 bits per heavy atom. The number of likely N-dealkylation sites (N-methyl/N-ethyl adjacent to an activating group) is 1. The zero-order valence-corrected chi connectivity index (χ0v) is 20.6. The number of nitrogen functional groups attached to an aromatic ring is 1. The van der Waals surface area contributed by atoms with Gasteiger partial charge in [0.05, 0.1) is 5.69 Å². The molecule has 1 aliphatic carbocycles. The van der Waals surface area contributed by atoms with Crippen molar-refractivity contribution in [3.05, 3.63) is 71.3 Å². The zero-order valence-electron chi connectivity index (χ0n) is 20.6. The number of nitrogens with two attached hydrogens (primary N) is 1. The number of fused-ring (bicyclic) bond motifs is 3. The third-order valence-corrected chi connectivity index (χ3v) is 7.09. The van der Waals surface area contributed by atoms with Crippen LogP contribution in [0.25, 0.3) is 17.1 Å². The molecule has 0 amide bonds. The van der Waals surface area contributed by atoms with Gasteiger partial charge in [0.15, 0.2) is 5.82 Å². The molecule has 0 unspecified atom stereocenters. The Morgan fingerprint density at radius 2 is 1.69 bits per heavy atom. The fourth-order valence-electron chi connectivity index (χ4n) is 5.01. The first-order valence-corrected chi connectivity index (χ1v) is 12.6. The number of piperazine rings is 1. The maximum atomic E-state index is 6.22. The first-order chi connectivity index (χ1) is 17.6. The summed E-state index contributed by atoms with van der Waals surface area (Å²) in [5, 5.41) is 16.9. The number of hydrogen-bond donors (Lipinski definition) is 2. The van der Waals surface area contributed by atoms with Crippen molar-refractivity contribution < 1.29 is 0 Å². The van der Waals surface area contributed by atoms with Crippen LogP contribution in [0.3, 0.4) is 0 Å². The highest BCUT2D eigenvalue weighted by Crippen LogP contribution is 2.31. The lowest BCUT2D eigenvalue weighted by molar-refractivity contribution is 0.148. The van der Waals surface area contributed by atoms with E-state index in [0.717, 1.165) is 74.5 Å². The fourth-order valence-corrected chi connectivity index (χ4v) is 5.01. The molecule has 9 heteroatoms. The van der Waals surface area contributed by atoms with Gasteiger partial charge < -0.3 is 16.0 Å². The number of aryl methyl sites for hydroxylation is 2. The van der Waals surface area contributed by atoms with Crippen LogP contribution < -0.4 is 11.1 Å². The quantitative estimate of drug-likeness (QED) is 0.448. The summed E-state index contributed by atoms with van der Waals surface area (Å²) in [6, 6.07) is 18.9. The normalized spacial score (nSPS) is 16.2. The Balaban J connectivity index is 1.17. The Morgan fingerprint density at radius 1 is 0.917 bits per heavy atom.